The van der Waals surface area contributed by atoms with Crippen LogP contribution in [0.25, 0.3) is 0 Å². The van der Waals surface area contributed by atoms with Gasteiger partial charge in [-0.1, -0.05) is 12.1 Å². The zero-order valence-corrected chi connectivity index (χ0v) is 10.9. The van der Waals surface area contributed by atoms with Gasteiger partial charge in [-0.2, -0.15) is 18.2 Å². The monoisotopic (exact) mass is 292 g/mol. The van der Waals surface area contributed by atoms with Gasteiger partial charge < -0.3 is 9.84 Å². The van der Waals surface area contributed by atoms with E-state index in [0.29, 0.717) is 19.5 Å². The van der Waals surface area contributed by atoms with Gasteiger partial charge in [-0.3, -0.25) is 9.69 Å². The van der Waals surface area contributed by atoms with E-state index in [1.54, 1.807) is 4.90 Å². The van der Waals surface area contributed by atoms with E-state index >= 15 is 0 Å². The van der Waals surface area contributed by atoms with E-state index < -0.39 is 18.0 Å². The van der Waals surface area contributed by atoms with Crippen molar-refractivity contribution in [1.82, 2.24) is 20.4 Å². The summed E-state index contributed by atoms with van der Waals surface area (Å²) in [5.74, 6) is -1.55. The van der Waals surface area contributed by atoms with E-state index in [1.807, 2.05) is 6.92 Å². The number of carbonyl (C=O) groups excluding carboxylic acids is 1. The van der Waals surface area contributed by atoms with Gasteiger partial charge in [0.05, 0.1) is 12.6 Å². The lowest BCUT2D eigenvalue weighted by Crippen LogP contribution is -2.43. The molecule has 112 valence electrons. The van der Waals surface area contributed by atoms with Crippen molar-refractivity contribution in [2.45, 2.75) is 38.5 Å². The van der Waals surface area contributed by atoms with Crippen molar-refractivity contribution in [3.05, 3.63) is 11.7 Å². The van der Waals surface area contributed by atoms with Crippen LogP contribution in [0.5, 0.6) is 0 Å². The summed E-state index contributed by atoms with van der Waals surface area (Å²) in [6.45, 7) is 3.02. The van der Waals surface area contributed by atoms with E-state index in [-0.39, 0.29) is 18.3 Å². The van der Waals surface area contributed by atoms with Crippen molar-refractivity contribution in [3.8, 4) is 0 Å². The van der Waals surface area contributed by atoms with E-state index in [9.17, 15) is 18.0 Å². The molecule has 1 atom stereocenters. The molecule has 1 unspecified atom stereocenters. The molecule has 1 fully saturated rings. The fraction of sp³-hybridized carbons (Fsp3) is 0.727. The molecule has 0 aliphatic carbocycles. The van der Waals surface area contributed by atoms with Gasteiger partial charge in [-0.15, -0.1) is 0 Å². The molecule has 6 nitrogen and oxygen atoms in total. The molecule has 1 aromatic rings. The fourth-order valence-corrected chi connectivity index (χ4v) is 2.17. The first kappa shape index (κ1) is 14.8. The standard InChI is InChI=1S/C11H15F3N4O2/c1-2-7-9(19)15-4-3-5-18(7)6-8-16-10(17-20-8)11(12,13)14/h7H,2-6H2,1H3,(H,15,19). The number of carbonyl (C=O) groups is 1. The normalized spacial score (nSPS) is 21.6. The summed E-state index contributed by atoms with van der Waals surface area (Å²) in [4.78, 5) is 16.9. The second-order valence-corrected chi connectivity index (χ2v) is 4.55. The van der Waals surface area contributed by atoms with Crippen LogP contribution in [0.2, 0.25) is 0 Å². The van der Waals surface area contributed by atoms with Gasteiger partial charge in [0, 0.05) is 13.1 Å². The number of nitrogens with zero attached hydrogens (tertiary/aromatic N) is 3. The molecular weight excluding hydrogens is 277 g/mol. The van der Waals surface area contributed by atoms with Crippen LogP contribution in [0.15, 0.2) is 4.52 Å². The van der Waals surface area contributed by atoms with Crippen molar-refractivity contribution in [2.24, 2.45) is 0 Å². The van der Waals surface area contributed by atoms with Gasteiger partial charge in [-0.05, 0) is 12.8 Å². The third kappa shape index (κ3) is 3.27. The van der Waals surface area contributed by atoms with Crippen molar-refractivity contribution in [2.75, 3.05) is 13.1 Å². The molecule has 9 heteroatoms. The van der Waals surface area contributed by atoms with E-state index in [0.717, 1.165) is 6.42 Å². The Morgan fingerprint density at radius 3 is 2.85 bits per heavy atom. The fourth-order valence-electron chi connectivity index (χ4n) is 2.17. The van der Waals surface area contributed by atoms with Crippen LogP contribution < -0.4 is 5.32 Å². The number of nitrogens with one attached hydrogen (secondary N) is 1. The Bertz CT molecular complexity index is 474. The first-order valence-corrected chi connectivity index (χ1v) is 6.33. The number of halogens is 3. The van der Waals surface area contributed by atoms with Crippen LogP contribution in [-0.4, -0.2) is 40.1 Å². The van der Waals surface area contributed by atoms with Crippen molar-refractivity contribution in [1.29, 1.82) is 0 Å². The highest BCUT2D eigenvalue weighted by Crippen LogP contribution is 2.26. The maximum Gasteiger partial charge on any atom is 0.455 e. The van der Waals surface area contributed by atoms with Crippen molar-refractivity contribution >= 4 is 5.91 Å². The SMILES string of the molecule is CCC1C(=O)NCCCN1Cc1nc(C(F)(F)F)no1. The molecule has 0 bridgehead atoms. The number of aromatic nitrogens is 2. The van der Waals surface area contributed by atoms with Crippen LogP contribution in [0.4, 0.5) is 13.2 Å². The molecule has 1 aromatic heterocycles. The van der Waals surface area contributed by atoms with Crippen LogP contribution in [0.1, 0.15) is 31.5 Å². The minimum absolute atomic E-state index is 0.0367. The summed E-state index contributed by atoms with van der Waals surface area (Å²) in [7, 11) is 0. The van der Waals surface area contributed by atoms with Gasteiger partial charge in [0.1, 0.15) is 0 Å². The van der Waals surface area contributed by atoms with Gasteiger partial charge in [0.25, 0.3) is 5.82 Å². The van der Waals surface area contributed by atoms with Crippen LogP contribution in [0, 0.1) is 0 Å². The summed E-state index contributed by atoms with van der Waals surface area (Å²) in [6.07, 6.45) is -3.34. The summed E-state index contributed by atoms with van der Waals surface area (Å²) in [5.41, 5.74) is 0. The van der Waals surface area contributed by atoms with Gasteiger partial charge in [0.2, 0.25) is 11.8 Å². The predicted octanol–water partition coefficient (Wildman–Crippen LogP) is 1.19. The zero-order chi connectivity index (χ0) is 14.8. The Kier molecular flexibility index (Phi) is 4.26. The summed E-state index contributed by atoms with van der Waals surface area (Å²) in [6, 6.07) is -0.390. The average Bonchev–Trinajstić information content (AvgIpc) is 2.76. The predicted molar refractivity (Wildman–Crippen MR) is 61.4 cm³/mol. The van der Waals surface area contributed by atoms with E-state index in [2.05, 4.69) is 20.0 Å². The topological polar surface area (TPSA) is 71.3 Å². The second kappa shape index (κ2) is 5.78. The quantitative estimate of drug-likeness (QED) is 0.906. The molecule has 1 N–H and O–H groups in total. The van der Waals surface area contributed by atoms with Crippen molar-refractivity contribution < 1.29 is 22.5 Å². The number of hydrogen-bond acceptors (Lipinski definition) is 5. The average molecular weight is 292 g/mol. The van der Waals surface area contributed by atoms with Crippen LogP contribution in [0.3, 0.4) is 0 Å². The maximum atomic E-state index is 12.4. The summed E-state index contributed by atoms with van der Waals surface area (Å²) >= 11 is 0. The molecule has 0 radical (unpaired) electrons. The molecule has 1 saturated heterocycles. The highest BCUT2D eigenvalue weighted by Gasteiger charge is 2.37. The number of alkyl halides is 3. The number of hydrogen-bond donors (Lipinski definition) is 1. The number of rotatable bonds is 3. The van der Waals surface area contributed by atoms with Gasteiger partial charge in [0.15, 0.2) is 0 Å². The lowest BCUT2D eigenvalue weighted by atomic mass is 10.2. The molecule has 1 amide bonds. The first-order chi connectivity index (χ1) is 9.41. The minimum atomic E-state index is -4.62. The lowest BCUT2D eigenvalue weighted by molar-refractivity contribution is -0.146. The first-order valence-electron chi connectivity index (χ1n) is 6.33. The van der Waals surface area contributed by atoms with Crippen molar-refractivity contribution in [3.63, 3.8) is 0 Å². The molecule has 0 aromatic carbocycles. The maximum absolute atomic E-state index is 12.4. The van der Waals surface area contributed by atoms with Crippen LogP contribution >= 0.6 is 0 Å². The van der Waals surface area contributed by atoms with E-state index in [4.69, 9.17) is 0 Å². The molecular formula is C11H15F3N4O2. The minimum Gasteiger partial charge on any atom is -0.355 e. The van der Waals surface area contributed by atoms with E-state index in [1.165, 1.54) is 0 Å². The molecule has 2 rings (SSSR count). The van der Waals surface area contributed by atoms with Gasteiger partial charge >= 0.3 is 6.18 Å². The molecule has 1 aliphatic heterocycles. The Hall–Kier alpha value is -1.64. The lowest BCUT2D eigenvalue weighted by Gasteiger charge is -2.25. The molecule has 0 spiro atoms. The summed E-state index contributed by atoms with van der Waals surface area (Å²) < 4.78 is 41.8. The second-order valence-electron chi connectivity index (χ2n) is 4.55. The largest absolute Gasteiger partial charge is 0.455 e. The Balaban J connectivity index is 2.10. The third-order valence-electron chi connectivity index (χ3n) is 3.11. The Morgan fingerprint density at radius 1 is 1.50 bits per heavy atom. The molecule has 0 saturated carbocycles. The highest BCUT2D eigenvalue weighted by atomic mass is 19.4. The molecule has 2 heterocycles. The Labute approximate surface area is 113 Å². The highest BCUT2D eigenvalue weighted by molar-refractivity contribution is 5.81. The Morgan fingerprint density at radius 2 is 2.25 bits per heavy atom. The smallest absolute Gasteiger partial charge is 0.355 e. The zero-order valence-electron chi connectivity index (χ0n) is 10.9. The summed E-state index contributed by atoms with van der Waals surface area (Å²) in [5, 5.41) is 5.67. The van der Waals surface area contributed by atoms with Crippen LogP contribution in [-0.2, 0) is 17.5 Å². The molecule has 1 aliphatic rings. The number of amides is 1. The third-order valence-corrected chi connectivity index (χ3v) is 3.11. The molecule has 20 heavy (non-hydrogen) atoms. The van der Waals surface area contributed by atoms with Gasteiger partial charge in [-0.25, -0.2) is 0 Å².